The van der Waals surface area contributed by atoms with E-state index in [0.717, 1.165) is 60.5 Å². The van der Waals surface area contributed by atoms with Crippen molar-refractivity contribution in [1.82, 2.24) is 30.3 Å². The monoisotopic (exact) mass is 870 g/mol. The summed E-state index contributed by atoms with van der Waals surface area (Å²) < 4.78 is 47.3. The molecule has 0 bridgehead atoms. The fraction of sp³-hybridized carbons (Fsp3) is 0.370. The summed E-state index contributed by atoms with van der Waals surface area (Å²) in [4.78, 5) is 64.7. The summed E-state index contributed by atoms with van der Waals surface area (Å²) in [6.45, 7) is 7.21. The van der Waals surface area contributed by atoms with Gasteiger partial charge in [-0.25, -0.2) is 38.4 Å². The summed E-state index contributed by atoms with van der Waals surface area (Å²) in [7, 11) is 0. The zero-order valence-electron chi connectivity index (χ0n) is 34.9. The summed E-state index contributed by atoms with van der Waals surface area (Å²) in [6.07, 6.45) is -1.27. The maximum atomic E-state index is 13.2. The van der Waals surface area contributed by atoms with Crippen LogP contribution >= 0.6 is 0 Å². The number of nitrogens with one attached hydrogen (secondary N) is 1. The minimum Gasteiger partial charge on any atom is -0.443 e. The van der Waals surface area contributed by atoms with Crippen molar-refractivity contribution >= 4 is 29.8 Å². The van der Waals surface area contributed by atoms with E-state index in [4.69, 9.17) is 18.9 Å². The number of ether oxygens (including phenoxy) is 4. The molecule has 4 heterocycles. The minimum atomic E-state index is -0.757. The first-order valence-electron chi connectivity index (χ1n) is 20.8. The van der Waals surface area contributed by atoms with Gasteiger partial charge in [0.25, 0.3) is 0 Å². The third-order valence-corrected chi connectivity index (χ3v) is 10.4. The Balaban J connectivity index is 0.000000187. The zero-order chi connectivity index (χ0) is 44.4. The molecule has 17 heteroatoms. The molecule has 4 aromatic rings. The maximum Gasteiger partial charge on any atom is 0.429 e. The molecule has 4 aromatic carbocycles. The smallest absolute Gasteiger partial charge is 0.429 e. The topological polar surface area (TPSA) is 150 Å². The number of hydrogen-bond acceptors (Lipinski definition) is 11. The van der Waals surface area contributed by atoms with Crippen molar-refractivity contribution in [3.05, 3.63) is 143 Å². The largest absolute Gasteiger partial charge is 0.443 e. The van der Waals surface area contributed by atoms with E-state index in [-0.39, 0.29) is 62.7 Å². The first-order valence-corrected chi connectivity index (χ1v) is 20.8. The molecule has 15 nitrogen and oxygen atoms in total. The summed E-state index contributed by atoms with van der Waals surface area (Å²) >= 11 is 0. The Morgan fingerprint density at radius 3 is 1.48 bits per heavy atom. The van der Waals surface area contributed by atoms with Gasteiger partial charge in [0.1, 0.15) is 37.9 Å². The lowest BCUT2D eigenvalue weighted by atomic mass is 10.1. The Morgan fingerprint density at radius 1 is 0.556 bits per heavy atom. The van der Waals surface area contributed by atoms with E-state index >= 15 is 0 Å². The number of morpholine rings is 2. The highest BCUT2D eigenvalue weighted by atomic mass is 19.1. The van der Waals surface area contributed by atoms with Crippen LogP contribution in [0.15, 0.2) is 109 Å². The summed E-state index contributed by atoms with van der Waals surface area (Å²) in [5.41, 5.74) is 2.96. The number of ketones is 1. The van der Waals surface area contributed by atoms with Crippen LogP contribution in [0.2, 0.25) is 0 Å². The molecule has 4 saturated heterocycles. The molecule has 4 aliphatic rings. The standard InChI is InChI=1S/C23H26FN3O4.C19H17FN2O4.C4H9NO/c24-20-8-6-18(7-9-20)14-22(28)26-15-21(25-10-12-30-13-11-25)16-27(26)23(29)31-17-19-4-2-1-3-5-19;20-16-8-6-14(7-9-16)10-18(24)21-11-17(23)12-22(21)19(25)26-13-15-4-2-1-3-5-15;1-3-6-4-2-5-1/h1-9,21H,10-17H2;1-9H,10-13H2;5H,1-4H2. The Bertz CT molecular complexity index is 2080. The number of hydrazine groups is 2. The van der Waals surface area contributed by atoms with Gasteiger partial charge in [0.2, 0.25) is 11.8 Å². The Hall–Kier alpha value is -6.27. The quantitative estimate of drug-likeness (QED) is 0.255. The van der Waals surface area contributed by atoms with E-state index in [1.54, 1.807) is 24.3 Å². The number of hydrogen-bond donors (Lipinski definition) is 1. The molecule has 1 atom stereocenters. The first kappa shape index (κ1) is 46.2. The molecular formula is C46H52F2N6O9. The van der Waals surface area contributed by atoms with Crippen molar-refractivity contribution in [3.63, 3.8) is 0 Å². The van der Waals surface area contributed by atoms with E-state index in [1.165, 1.54) is 46.4 Å². The molecule has 0 saturated carbocycles. The molecular weight excluding hydrogens is 819 g/mol. The molecule has 0 aromatic heterocycles. The van der Waals surface area contributed by atoms with Crippen LogP contribution in [0.3, 0.4) is 0 Å². The van der Waals surface area contributed by atoms with E-state index in [9.17, 15) is 32.8 Å². The van der Waals surface area contributed by atoms with Crippen LogP contribution in [-0.2, 0) is 59.4 Å². The van der Waals surface area contributed by atoms with Gasteiger partial charge in [-0.3, -0.25) is 19.3 Å². The van der Waals surface area contributed by atoms with Gasteiger partial charge >= 0.3 is 12.2 Å². The highest BCUT2D eigenvalue weighted by Crippen LogP contribution is 2.21. The molecule has 1 N–H and O–H groups in total. The fourth-order valence-corrected chi connectivity index (χ4v) is 7.02. The molecule has 0 radical (unpaired) electrons. The molecule has 63 heavy (non-hydrogen) atoms. The van der Waals surface area contributed by atoms with E-state index < -0.39 is 23.9 Å². The maximum absolute atomic E-state index is 13.2. The van der Waals surface area contributed by atoms with Crippen LogP contribution in [-0.4, -0.2) is 140 Å². The number of halogens is 2. The van der Waals surface area contributed by atoms with Crippen LogP contribution in [0.1, 0.15) is 22.3 Å². The number of amides is 4. The highest BCUT2D eigenvalue weighted by Gasteiger charge is 2.41. The number of carbonyl (C=O) groups is 5. The highest BCUT2D eigenvalue weighted by molar-refractivity contribution is 5.94. The molecule has 4 amide bonds. The van der Waals surface area contributed by atoms with Gasteiger partial charge < -0.3 is 24.3 Å². The summed E-state index contributed by atoms with van der Waals surface area (Å²) in [5.74, 6) is -1.66. The molecule has 8 rings (SSSR count). The number of carbonyl (C=O) groups excluding carboxylic acids is 5. The predicted octanol–water partition coefficient (Wildman–Crippen LogP) is 4.40. The third-order valence-electron chi connectivity index (χ3n) is 10.4. The molecule has 334 valence electrons. The molecule has 4 fully saturated rings. The predicted molar refractivity (Wildman–Crippen MR) is 225 cm³/mol. The molecule has 0 spiro atoms. The van der Waals surface area contributed by atoms with Crippen LogP contribution in [0, 0.1) is 11.6 Å². The summed E-state index contributed by atoms with van der Waals surface area (Å²) in [5, 5.41) is 8.12. The average Bonchev–Trinajstić information content (AvgIpc) is 3.96. The van der Waals surface area contributed by atoms with Gasteiger partial charge in [-0.15, -0.1) is 0 Å². The zero-order valence-corrected chi connectivity index (χ0v) is 34.9. The van der Waals surface area contributed by atoms with Gasteiger partial charge in [0, 0.05) is 32.2 Å². The molecule has 4 aliphatic heterocycles. The second kappa shape index (κ2) is 23.8. The Labute approximate surface area is 365 Å². The van der Waals surface area contributed by atoms with Crippen LogP contribution in [0.4, 0.5) is 18.4 Å². The van der Waals surface area contributed by atoms with Crippen molar-refractivity contribution in [3.8, 4) is 0 Å². The van der Waals surface area contributed by atoms with Crippen molar-refractivity contribution in [1.29, 1.82) is 0 Å². The van der Waals surface area contributed by atoms with Gasteiger partial charge in [0.15, 0.2) is 5.78 Å². The second-order valence-corrected chi connectivity index (χ2v) is 15.0. The van der Waals surface area contributed by atoms with E-state index in [0.29, 0.717) is 37.4 Å². The average molecular weight is 871 g/mol. The fourth-order valence-electron chi connectivity index (χ4n) is 7.02. The normalized spacial score (nSPS) is 17.6. The van der Waals surface area contributed by atoms with Gasteiger partial charge in [-0.05, 0) is 46.5 Å². The Kier molecular flexibility index (Phi) is 17.5. The number of Topliss-reactive ketones (excluding diaryl/α,β-unsaturated/α-hetero) is 1. The number of rotatable bonds is 9. The lowest BCUT2D eigenvalue weighted by molar-refractivity contribution is -0.141. The first-order chi connectivity index (χ1) is 30.6. The molecule has 0 aliphatic carbocycles. The van der Waals surface area contributed by atoms with Crippen molar-refractivity contribution in [2.75, 3.05) is 78.8 Å². The van der Waals surface area contributed by atoms with Gasteiger partial charge in [0.05, 0.1) is 52.4 Å². The number of nitrogens with zero attached hydrogens (tertiary/aromatic N) is 5. The van der Waals surface area contributed by atoms with Gasteiger partial charge in [-0.2, -0.15) is 0 Å². The molecule has 1 unspecified atom stereocenters. The number of benzene rings is 4. The second-order valence-electron chi connectivity index (χ2n) is 15.0. The minimum absolute atomic E-state index is 0.0188. The van der Waals surface area contributed by atoms with Crippen molar-refractivity contribution in [2.45, 2.75) is 32.1 Å². The van der Waals surface area contributed by atoms with Crippen LogP contribution in [0.25, 0.3) is 0 Å². The van der Waals surface area contributed by atoms with Crippen LogP contribution < -0.4 is 5.32 Å². The lowest BCUT2D eigenvalue weighted by Crippen LogP contribution is -2.46. The Morgan fingerprint density at radius 2 is 1.00 bits per heavy atom. The van der Waals surface area contributed by atoms with Crippen molar-refractivity contribution < 1.29 is 51.7 Å². The van der Waals surface area contributed by atoms with Crippen molar-refractivity contribution in [2.24, 2.45) is 0 Å². The van der Waals surface area contributed by atoms with Gasteiger partial charge in [-0.1, -0.05) is 84.9 Å². The third kappa shape index (κ3) is 14.4. The SMILES string of the molecule is C1COCCN1.O=C(Cc1ccc(F)cc1)N1CC(N2CCOCC2)CN1C(=O)OCc1ccccc1.O=C1CN(C(=O)Cc2ccc(F)cc2)N(C(=O)OCc2ccccc2)C1. The summed E-state index contributed by atoms with van der Waals surface area (Å²) in [6, 6.07) is 29.8. The van der Waals surface area contributed by atoms with E-state index in [2.05, 4.69) is 10.2 Å². The van der Waals surface area contributed by atoms with E-state index in [1.807, 2.05) is 48.5 Å². The lowest BCUT2D eigenvalue weighted by Gasteiger charge is -2.31. The van der Waals surface area contributed by atoms with Crippen LogP contribution in [0.5, 0.6) is 0 Å².